The van der Waals surface area contributed by atoms with Gasteiger partial charge in [0.15, 0.2) is 5.01 Å². The van der Waals surface area contributed by atoms with Crippen LogP contribution in [-0.2, 0) is 6.54 Å². The van der Waals surface area contributed by atoms with E-state index in [0.717, 1.165) is 29.5 Å². The average Bonchev–Trinajstić information content (AvgIpc) is 2.88. The van der Waals surface area contributed by atoms with Crippen molar-refractivity contribution in [1.29, 1.82) is 0 Å². The molecule has 19 heavy (non-hydrogen) atoms. The highest BCUT2D eigenvalue weighted by Gasteiger charge is 2.09. The van der Waals surface area contributed by atoms with E-state index >= 15 is 0 Å². The lowest BCUT2D eigenvalue weighted by molar-refractivity contribution is 0.618. The molecule has 102 valence electrons. The summed E-state index contributed by atoms with van der Waals surface area (Å²) in [6.07, 6.45) is 2.25. The van der Waals surface area contributed by atoms with Gasteiger partial charge in [0.25, 0.3) is 5.56 Å². The monoisotopic (exact) mass is 279 g/mol. The standard InChI is InChI=1S/C12H17N5OS/c1-3-5-8-13-12-15-14-11(19-12)9-6-7-10(18)17(4-2)16-9/h6-7H,3-5,8H2,1-2H3,(H,13,15). The Kier molecular flexibility index (Phi) is 4.62. The topological polar surface area (TPSA) is 72.7 Å². The zero-order chi connectivity index (χ0) is 13.7. The summed E-state index contributed by atoms with van der Waals surface area (Å²) in [6.45, 7) is 5.47. The van der Waals surface area contributed by atoms with E-state index in [9.17, 15) is 4.79 Å². The molecular formula is C12H17N5OS. The van der Waals surface area contributed by atoms with Crippen molar-refractivity contribution in [3.63, 3.8) is 0 Å². The molecule has 1 N–H and O–H groups in total. The molecule has 0 aliphatic carbocycles. The minimum absolute atomic E-state index is 0.0999. The summed E-state index contributed by atoms with van der Waals surface area (Å²) in [6, 6.07) is 3.20. The van der Waals surface area contributed by atoms with Crippen LogP contribution in [0.4, 0.5) is 5.13 Å². The second-order valence-electron chi connectivity index (χ2n) is 4.07. The van der Waals surface area contributed by atoms with Gasteiger partial charge in [-0.25, -0.2) is 4.68 Å². The molecule has 0 radical (unpaired) electrons. The minimum atomic E-state index is -0.0999. The van der Waals surface area contributed by atoms with Crippen LogP contribution in [0, 0.1) is 0 Å². The molecule has 0 atom stereocenters. The lowest BCUT2D eigenvalue weighted by Crippen LogP contribution is -2.20. The molecule has 0 spiro atoms. The van der Waals surface area contributed by atoms with Gasteiger partial charge in [0, 0.05) is 19.2 Å². The van der Waals surface area contributed by atoms with Crippen molar-refractivity contribution in [3.8, 4) is 10.7 Å². The van der Waals surface area contributed by atoms with Crippen LogP contribution in [0.5, 0.6) is 0 Å². The summed E-state index contributed by atoms with van der Waals surface area (Å²) in [7, 11) is 0. The number of hydrogen-bond acceptors (Lipinski definition) is 6. The van der Waals surface area contributed by atoms with Crippen LogP contribution in [0.25, 0.3) is 10.7 Å². The summed E-state index contributed by atoms with van der Waals surface area (Å²) in [5.74, 6) is 0. The quantitative estimate of drug-likeness (QED) is 0.819. The van der Waals surface area contributed by atoms with Crippen molar-refractivity contribution >= 4 is 16.5 Å². The molecule has 0 fully saturated rings. The third kappa shape index (κ3) is 3.37. The van der Waals surface area contributed by atoms with Crippen molar-refractivity contribution in [2.24, 2.45) is 0 Å². The van der Waals surface area contributed by atoms with Crippen molar-refractivity contribution in [2.45, 2.75) is 33.2 Å². The van der Waals surface area contributed by atoms with Crippen LogP contribution in [-0.4, -0.2) is 26.5 Å². The second kappa shape index (κ2) is 6.42. The molecule has 6 nitrogen and oxygen atoms in total. The molecule has 0 bridgehead atoms. The van der Waals surface area contributed by atoms with Crippen LogP contribution in [0.2, 0.25) is 0 Å². The minimum Gasteiger partial charge on any atom is -0.360 e. The van der Waals surface area contributed by atoms with Gasteiger partial charge >= 0.3 is 0 Å². The van der Waals surface area contributed by atoms with E-state index in [-0.39, 0.29) is 5.56 Å². The summed E-state index contributed by atoms with van der Waals surface area (Å²) in [5, 5.41) is 17.2. The molecule has 2 rings (SSSR count). The van der Waals surface area contributed by atoms with Crippen molar-refractivity contribution in [3.05, 3.63) is 22.5 Å². The van der Waals surface area contributed by atoms with Crippen molar-refractivity contribution < 1.29 is 0 Å². The SMILES string of the molecule is CCCCNc1nnc(-c2ccc(=O)n(CC)n2)s1. The Morgan fingerprint density at radius 2 is 2.16 bits per heavy atom. The summed E-state index contributed by atoms with van der Waals surface area (Å²) in [5.41, 5.74) is 0.583. The molecule has 2 heterocycles. The van der Waals surface area contributed by atoms with Gasteiger partial charge in [-0.2, -0.15) is 5.10 Å². The van der Waals surface area contributed by atoms with E-state index in [1.807, 2.05) is 6.92 Å². The molecule has 0 amide bonds. The van der Waals surface area contributed by atoms with Crippen LogP contribution < -0.4 is 10.9 Å². The predicted octanol–water partition coefficient (Wildman–Crippen LogP) is 1.99. The maximum absolute atomic E-state index is 11.5. The number of anilines is 1. The van der Waals surface area contributed by atoms with E-state index in [4.69, 9.17) is 0 Å². The van der Waals surface area contributed by atoms with Gasteiger partial charge in [-0.15, -0.1) is 10.2 Å². The van der Waals surface area contributed by atoms with E-state index in [1.165, 1.54) is 22.1 Å². The first kappa shape index (κ1) is 13.7. The number of hydrogen-bond donors (Lipinski definition) is 1. The Labute approximate surface area is 115 Å². The first-order chi connectivity index (χ1) is 9.24. The molecular weight excluding hydrogens is 262 g/mol. The van der Waals surface area contributed by atoms with Gasteiger partial charge in [-0.05, 0) is 19.4 Å². The van der Waals surface area contributed by atoms with Gasteiger partial charge in [0.2, 0.25) is 5.13 Å². The summed E-state index contributed by atoms with van der Waals surface area (Å²) < 4.78 is 1.42. The van der Waals surface area contributed by atoms with Gasteiger partial charge in [-0.3, -0.25) is 4.79 Å². The Hall–Kier alpha value is -1.76. The maximum Gasteiger partial charge on any atom is 0.266 e. The fraction of sp³-hybridized carbons (Fsp3) is 0.500. The third-order valence-corrected chi connectivity index (χ3v) is 3.52. The van der Waals surface area contributed by atoms with Gasteiger partial charge in [-0.1, -0.05) is 24.7 Å². The molecule has 0 aliphatic rings. The zero-order valence-corrected chi connectivity index (χ0v) is 11.9. The Balaban J connectivity index is 2.16. The van der Waals surface area contributed by atoms with Crippen molar-refractivity contribution in [2.75, 3.05) is 11.9 Å². The van der Waals surface area contributed by atoms with Crippen LogP contribution in [0.15, 0.2) is 16.9 Å². The largest absolute Gasteiger partial charge is 0.360 e. The number of nitrogens with one attached hydrogen (secondary N) is 1. The number of aryl methyl sites for hydroxylation is 1. The molecule has 0 unspecified atom stereocenters. The van der Waals surface area contributed by atoms with Gasteiger partial charge in [0.1, 0.15) is 5.69 Å². The third-order valence-electron chi connectivity index (χ3n) is 2.62. The Morgan fingerprint density at radius 3 is 2.89 bits per heavy atom. The Morgan fingerprint density at radius 1 is 1.32 bits per heavy atom. The van der Waals surface area contributed by atoms with Crippen molar-refractivity contribution in [1.82, 2.24) is 20.0 Å². The molecule has 2 aromatic heterocycles. The zero-order valence-electron chi connectivity index (χ0n) is 11.1. The van der Waals surface area contributed by atoms with Crippen LogP contribution >= 0.6 is 11.3 Å². The highest BCUT2D eigenvalue weighted by molar-refractivity contribution is 7.18. The molecule has 7 heteroatoms. The first-order valence-electron chi connectivity index (χ1n) is 6.40. The van der Waals surface area contributed by atoms with Gasteiger partial charge < -0.3 is 5.32 Å². The molecule has 0 aliphatic heterocycles. The van der Waals surface area contributed by atoms with E-state index < -0.39 is 0 Å². The smallest absolute Gasteiger partial charge is 0.266 e. The highest BCUT2D eigenvalue weighted by Crippen LogP contribution is 2.23. The van der Waals surface area contributed by atoms with Crippen LogP contribution in [0.1, 0.15) is 26.7 Å². The van der Waals surface area contributed by atoms with E-state index in [0.29, 0.717) is 12.2 Å². The lowest BCUT2D eigenvalue weighted by Gasteiger charge is -2.01. The number of nitrogens with zero attached hydrogens (tertiary/aromatic N) is 4. The average molecular weight is 279 g/mol. The van der Waals surface area contributed by atoms with E-state index in [2.05, 4.69) is 27.5 Å². The second-order valence-corrected chi connectivity index (χ2v) is 5.04. The van der Waals surface area contributed by atoms with Gasteiger partial charge in [0.05, 0.1) is 0 Å². The lowest BCUT2D eigenvalue weighted by atomic mass is 10.3. The maximum atomic E-state index is 11.5. The van der Waals surface area contributed by atoms with Crippen LogP contribution in [0.3, 0.4) is 0 Å². The molecule has 2 aromatic rings. The summed E-state index contributed by atoms with van der Waals surface area (Å²) >= 11 is 1.45. The fourth-order valence-electron chi connectivity index (χ4n) is 1.56. The highest BCUT2D eigenvalue weighted by atomic mass is 32.1. The predicted molar refractivity (Wildman–Crippen MR) is 76.5 cm³/mol. The molecule has 0 aromatic carbocycles. The Bertz CT molecular complexity index is 592. The normalized spacial score (nSPS) is 10.6. The fourth-order valence-corrected chi connectivity index (χ4v) is 2.29. The molecule has 0 saturated heterocycles. The molecule has 0 saturated carbocycles. The number of rotatable bonds is 6. The summed E-state index contributed by atoms with van der Waals surface area (Å²) in [4.78, 5) is 11.5. The van der Waals surface area contributed by atoms with E-state index in [1.54, 1.807) is 6.07 Å². The number of unbranched alkanes of at least 4 members (excludes halogenated alkanes) is 1. The number of aromatic nitrogens is 4. The first-order valence-corrected chi connectivity index (χ1v) is 7.22.